The Morgan fingerprint density at radius 3 is 3.00 bits per heavy atom. The predicted octanol–water partition coefficient (Wildman–Crippen LogP) is 4.02. The molecule has 1 unspecified atom stereocenters. The molecular weight excluding hydrogens is 316 g/mol. The van der Waals surface area contributed by atoms with Crippen molar-refractivity contribution >= 4 is 39.3 Å². The minimum Gasteiger partial charge on any atom is -0.481 e. The Balaban J connectivity index is 1.95. The molecule has 6 heteroatoms. The highest BCUT2D eigenvalue weighted by atomic mass is 32.2. The number of aliphatic carboxylic acids is 1. The molecule has 0 saturated heterocycles. The fraction of sp³-hybridized carbons (Fsp3) is 0.562. The van der Waals surface area contributed by atoms with E-state index in [0.29, 0.717) is 5.75 Å². The molecule has 4 nitrogen and oxygen atoms in total. The molecule has 1 aliphatic carbocycles. The standard InChI is InChI=1S/C16H20N2O2S2/c1-9-4-5-10-11(6-9)22-14-12(10)13(17-8-18-14)21-7-16(2,3)15(19)20/h8-9H,4-7H2,1-3H3,(H,19,20). The number of carboxylic acids is 1. The highest BCUT2D eigenvalue weighted by molar-refractivity contribution is 7.99. The van der Waals surface area contributed by atoms with E-state index < -0.39 is 11.4 Å². The Kier molecular flexibility index (Phi) is 4.16. The molecule has 22 heavy (non-hydrogen) atoms. The van der Waals surface area contributed by atoms with Crippen LogP contribution in [0.15, 0.2) is 11.4 Å². The maximum absolute atomic E-state index is 11.3. The number of nitrogens with zero attached hydrogens (tertiary/aromatic N) is 2. The third kappa shape index (κ3) is 2.86. The summed E-state index contributed by atoms with van der Waals surface area (Å²) in [6.07, 6.45) is 5.02. The van der Waals surface area contributed by atoms with Gasteiger partial charge in [-0.1, -0.05) is 6.92 Å². The highest BCUT2D eigenvalue weighted by Gasteiger charge is 2.29. The molecule has 0 fully saturated rings. The van der Waals surface area contributed by atoms with Crippen molar-refractivity contribution in [3.8, 4) is 0 Å². The third-order valence-electron chi connectivity index (χ3n) is 4.21. The molecule has 1 atom stereocenters. The maximum atomic E-state index is 11.3. The largest absolute Gasteiger partial charge is 0.481 e. The van der Waals surface area contributed by atoms with Crippen LogP contribution in [0.2, 0.25) is 0 Å². The number of carbonyl (C=O) groups is 1. The second-order valence-corrected chi connectivity index (χ2v) is 8.74. The van der Waals surface area contributed by atoms with Crippen molar-refractivity contribution in [2.45, 2.75) is 45.1 Å². The molecule has 2 heterocycles. The lowest BCUT2D eigenvalue weighted by Gasteiger charge is -2.19. The van der Waals surface area contributed by atoms with Crippen LogP contribution in [0.5, 0.6) is 0 Å². The quantitative estimate of drug-likeness (QED) is 0.675. The Bertz CT molecular complexity index is 724. The first-order valence-electron chi connectivity index (χ1n) is 7.50. The van der Waals surface area contributed by atoms with Gasteiger partial charge in [0.1, 0.15) is 16.2 Å². The number of rotatable bonds is 4. The minimum atomic E-state index is -0.772. The number of hydrogen-bond acceptors (Lipinski definition) is 5. The molecule has 0 bridgehead atoms. The number of thioether (sulfide) groups is 1. The summed E-state index contributed by atoms with van der Waals surface area (Å²) >= 11 is 3.31. The monoisotopic (exact) mass is 336 g/mol. The van der Waals surface area contributed by atoms with E-state index in [1.165, 1.54) is 34.0 Å². The zero-order valence-electron chi connectivity index (χ0n) is 13.0. The summed E-state index contributed by atoms with van der Waals surface area (Å²) in [6, 6.07) is 0. The zero-order chi connectivity index (χ0) is 15.9. The first-order valence-corrected chi connectivity index (χ1v) is 9.30. The van der Waals surface area contributed by atoms with Crippen molar-refractivity contribution in [3.63, 3.8) is 0 Å². The Morgan fingerprint density at radius 2 is 2.27 bits per heavy atom. The highest BCUT2D eigenvalue weighted by Crippen LogP contribution is 2.41. The van der Waals surface area contributed by atoms with E-state index >= 15 is 0 Å². The van der Waals surface area contributed by atoms with Gasteiger partial charge in [0.2, 0.25) is 0 Å². The van der Waals surface area contributed by atoms with Gasteiger partial charge in [0.15, 0.2) is 0 Å². The number of hydrogen-bond donors (Lipinski definition) is 1. The lowest BCUT2D eigenvalue weighted by molar-refractivity contribution is -0.145. The molecule has 0 spiro atoms. The van der Waals surface area contributed by atoms with E-state index in [1.54, 1.807) is 31.5 Å². The van der Waals surface area contributed by atoms with Crippen molar-refractivity contribution in [1.29, 1.82) is 0 Å². The van der Waals surface area contributed by atoms with Crippen LogP contribution >= 0.6 is 23.1 Å². The van der Waals surface area contributed by atoms with Crippen molar-refractivity contribution in [2.24, 2.45) is 11.3 Å². The van der Waals surface area contributed by atoms with Crippen LogP contribution in [0.25, 0.3) is 10.2 Å². The van der Waals surface area contributed by atoms with E-state index in [0.717, 1.165) is 28.6 Å². The third-order valence-corrected chi connectivity index (χ3v) is 6.82. The summed E-state index contributed by atoms with van der Waals surface area (Å²) in [5, 5.41) is 11.4. The number of aromatic nitrogens is 2. The van der Waals surface area contributed by atoms with Gasteiger partial charge in [-0.3, -0.25) is 4.79 Å². The minimum absolute atomic E-state index is 0.509. The van der Waals surface area contributed by atoms with Crippen molar-refractivity contribution < 1.29 is 9.90 Å². The van der Waals surface area contributed by atoms with Gasteiger partial charge in [-0.2, -0.15) is 0 Å². The Morgan fingerprint density at radius 1 is 1.50 bits per heavy atom. The van der Waals surface area contributed by atoms with E-state index in [2.05, 4.69) is 16.9 Å². The van der Waals surface area contributed by atoms with Crippen LogP contribution in [-0.2, 0) is 17.6 Å². The van der Waals surface area contributed by atoms with E-state index in [1.807, 2.05) is 0 Å². The first-order chi connectivity index (χ1) is 10.4. The topological polar surface area (TPSA) is 63.1 Å². The number of fused-ring (bicyclic) bond motifs is 3. The number of thiophene rings is 1. The van der Waals surface area contributed by atoms with E-state index in [4.69, 9.17) is 0 Å². The molecule has 0 amide bonds. The fourth-order valence-electron chi connectivity index (χ4n) is 2.67. The van der Waals surface area contributed by atoms with Gasteiger partial charge in [-0.25, -0.2) is 9.97 Å². The lowest BCUT2D eigenvalue weighted by atomic mass is 9.89. The van der Waals surface area contributed by atoms with Crippen LogP contribution in [0.1, 0.15) is 37.6 Å². The van der Waals surface area contributed by atoms with Crippen molar-refractivity contribution in [3.05, 3.63) is 16.8 Å². The molecule has 2 aromatic rings. The first kappa shape index (κ1) is 15.7. The molecule has 3 rings (SSSR count). The zero-order valence-corrected chi connectivity index (χ0v) is 14.7. The SMILES string of the molecule is CC1CCc2c(sc3ncnc(SCC(C)(C)C(=O)O)c23)C1. The van der Waals surface area contributed by atoms with Crippen LogP contribution in [-0.4, -0.2) is 26.8 Å². The number of carboxylic acid groups (broad SMARTS) is 1. The summed E-state index contributed by atoms with van der Waals surface area (Å²) in [4.78, 5) is 22.6. The van der Waals surface area contributed by atoms with Gasteiger partial charge < -0.3 is 5.11 Å². The summed E-state index contributed by atoms with van der Waals surface area (Å²) in [6.45, 7) is 5.81. The van der Waals surface area contributed by atoms with E-state index in [-0.39, 0.29) is 0 Å². The predicted molar refractivity (Wildman–Crippen MR) is 90.7 cm³/mol. The number of aryl methyl sites for hydroxylation is 1. The Hall–Kier alpha value is -1.14. The van der Waals surface area contributed by atoms with Gasteiger partial charge in [0, 0.05) is 16.0 Å². The van der Waals surface area contributed by atoms with Crippen LogP contribution in [0, 0.1) is 11.3 Å². The van der Waals surface area contributed by atoms with Crippen LogP contribution in [0.4, 0.5) is 0 Å². The molecule has 2 aromatic heterocycles. The maximum Gasteiger partial charge on any atom is 0.309 e. The van der Waals surface area contributed by atoms with Gasteiger partial charge in [-0.15, -0.1) is 23.1 Å². The van der Waals surface area contributed by atoms with Crippen molar-refractivity contribution in [1.82, 2.24) is 9.97 Å². The molecule has 0 aromatic carbocycles. The normalized spacial score (nSPS) is 18.4. The van der Waals surface area contributed by atoms with Gasteiger partial charge >= 0.3 is 5.97 Å². The van der Waals surface area contributed by atoms with Crippen LogP contribution < -0.4 is 0 Å². The van der Waals surface area contributed by atoms with Gasteiger partial charge in [0.05, 0.1) is 5.41 Å². The molecule has 118 valence electrons. The molecule has 1 N–H and O–H groups in total. The van der Waals surface area contributed by atoms with Crippen molar-refractivity contribution in [2.75, 3.05) is 5.75 Å². The smallest absolute Gasteiger partial charge is 0.309 e. The van der Waals surface area contributed by atoms with E-state index in [9.17, 15) is 9.90 Å². The fourth-order valence-corrected chi connectivity index (χ4v) is 5.19. The molecule has 0 saturated carbocycles. The summed E-state index contributed by atoms with van der Waals surface area (Å²) in [5.74, 6) is 0.470. The molecule has 0 radical (unpaired) electrons. The second kappa shape index (κ2) is 5.81. The van der Waals surface area contributed by atoms with Crippen LogP contribution in [0.3, 0.4) is 0 Å². The Labute approximate surface area is 138 Å². The molecule has 1 aliphatic rings. The summed E-state index contributed by atoms with van der Waals surface area (Å²) in [5.41, 5.74) is 0.640. The molecular formula is C16H20N2O2S2. The summed E-state index contributed by atoms with van der Waals surface area (Å²) < 4.78 is 0. The lowest BCUT2D eigenvalue weighted by Crippen LogP contribution is -2.26. The van der Waals surface area contributed by atoms with Gasteiger partial charge in [0.25, 0.3) is 0 Å². The second-order valence-electron chi connectivity index (χ2n) is 6.69. The molecule has 0 aliphatic heterocycles. The average Bonchev–Trinajstić information content (AvgIpc) is 2.82. The summed E-state index contributed by atoms with van der Waals surface area (Å²) in [7, 11) is 0. The van der Waals surface area contributed by atoms with Gasteiger partial charge in [-0.05, 0) is 44.6 Å². The average molecular weight is 336 g/mol.